The molecular weight excluding hydrogens is 246 g/mol. The molecule has 0 amide bonds. The Kier molecular flexibility index (Phi) is 3.37. The molecule has 19 heavy (non-hydrogen) atoms. The fourth-order valence-electron chi connectivity index (χ4n) is 2.06. The van der Waals surface area contributed by atoms with E-state index in [-0.39, 0.29) is 0 Å². The van der Waals surface area contributed by atoms with Crippen molar-refractivity contribution in [3.05, 3.63) is 18.5 Å². The van der Waals surface area contributed by atoms with E-state index in [4.69, 9.17) is 9.47 Å². The van der Waals surface area contributed by atoms with Crippen LogP contribution in [0.3, 0.4) is 0 Å². The Labute approximate surface area is 110 Å². The van der Waals surface area contributed by atoms with Crippen LogP contribution in [-0.4, -0.2) is 45.3 Å². The molecule has 1 saturated heterocycles. The van der Waals surface area contributed by atoms with Gasteiger partial charge in [0.15, 0.2) is 5.82 Å². The van der Waals surface area contributed by atoms with E-state index in [1.807, 2.05) is 10.9 Å². The molecule has 0 bridgehead atoms. The van der Waals surface area contributed by atoms with E-state index in [0.29, 0.717) is 23.3 Å². The summed E-state index contributed by atoms with van der Waals surface area (Å²) in [5.41, 5.74) is 0.651. The van der Waals surface area contributed by atoms with Crippen LogP contribution in [0.5, 0.6) is 5.88 Å². The maximum Gasteiger partial charge on any atom is 0.216 e. The summed E-state index contributed by atoms with van der Waals surface area (Å²) in [6.45, 7) is 2.45. The predicted octanol–water partition coefficient (Wildman–Crippen LogP) is 0.780. The molecule has 0 aliphatic carbocycles. The molecule has 1 atom stereocenters. The monoisotopic (exact) mass is 261 g/mol. The van der Waals surface area contributed by atoms with Gasteiger partial charge in [0.25, 0.3) is 0 Å². The molecule has 1 aliphatic rings. The molecule has 1 aliphatic heterocycles. The lowest BCUT2D eigenvalue weighted by Crippen LogP contribution is -2.11. The van der Waals surface area contributed by atoms with Gasteiger partial charge in [0.2, 0.25) is 5.88 Å². The van der Waals surface area contributed by atoms with Crippen LogP contribution in [0.1, 0.15) is 6.42 Å². The molecule has 0 spiro atoms. The van der Waals surface area contributed by atoms with E-state index in [0.717, 1.165) is 26.2 Å². The fourth-order valence-corrected chi connectivity index (χ4v) is 2.06. The van der Waals surface area contributed by atoms with Gasteiger partial charge in [0.05, 0.1) is 19.9 Å². The highest BCUT2D eigenvalue weighted by atomic mass is 16.5. The number of ether oxygens (including phenoxy) is 2. The summed E-state index contributed by atoms with van der Waals surface area (Å²) in [6, 6.07) is 1.70. The molecule has 0 radical (unpaired) electrons. The lowest BCUT2D eigenvalue weighted by molar-refractivity contribution is 0.181. The third kappa shape index (κ3) is 2.70. The Morgan fingerprint density at radius 2 is 2.47 bits per heavy atom. The molecule has 1 unspecified atom stereocenters. The molecule has 3 heterocycles. The Morgan fingerprint density at radius 3 is 3.26 bits per heavy atom. The molecular formula is C12H15N5O2. The first-order chi connectivity index (χ1) is 9.35. The lowest BCUT2D eigenvalue weighted by atomic mass is 10.1. The Balaban J connectivity index is 1.76. The second-order valence-electron chi connectivity index (χ2n) is 4.48. The summed E-state index contributed by atoms with van der Waals surface area (Å²) in [6.07, 6.45) is 4.57. The third-order valence-corrected chi connectivity index (χ3v) is 3.08. The number of methoxy groups -OCH3 is 1. The van der Waals surface area contributed by atoms with Crippen LogP contribution in [0.25, 0.3) is 11.5 Å². The fraction of sp³-hybridized carbons (Fsp3) is 0.500. The van der Waals surface area contributed by atoms with Crippen LogP contribution < -0.4 is 4.74 Å². The first kappa shape index (κ1) is 12.0. The Bertz CT molecular complexity index is 551. The van der Waals surface area contributed by atoms with Crippen molar-refractivity contribution < 1.29 is 9.47 Å². The van der Waals surface area contributed by atoms with E-state index >= 15 is 0 Å². The maximum absolute atomic E-state index is 5.35. The molecule has 7 nitrogen and oxygen atoms in total. The first-order valence-corrected chi connectivity index (χ1v) is 6.20. The van der Waals surface area contributed by atoms with Crippen LogP contribution in [0.2, 0.25) is 0 Å². The minimum atomic E-state index is 0.515. The van der Waals surface area contributed by atoms with Crippen molar-refractivity contribution >= 4 is 0 Å². The Morgan fingerprint density at radius 1 is 1.53 bits per heavy atom. The molecule has 2 aromatic heterocycles. The molecule has 100 valence electrons. The van der Waals surface area contributed by atoms with Crippen LogP contribution in [0.15, 0.2) is 18.5 Å². The molecule has 1 fully saturated rings. The van der Waals surface area contributed by atoms with Crippen LogP contribution in [0.4, 0.5) is 0 Å². The van der Waals surface area contributed by atoms with Crippen LogP contribution in [0, 0.1) is 5.92 Å². The van der Waals surface area contributed by atoms with Crippen molar-refractivity contribution in [3.63, 3.8) is 0 Å². The number of rotatable bonds is 4. The zero-order chi connectivity index (χ0) is 13.1. The maximum atomic E-state index is 5.35. The highest BCUT2D eigenvalue weighted by Gasteiger charge is 2.17. The highest BCUT2D eigenvalue weighted by molar-refractivity contribution is 5.46. The first-order valence-electron chi connectivity index (χ1n) is 6.20. The topological polar surface area (TPSA) is 75.0 Å². The largest absolute Gasteiger partial charge is 0.481 e. The summed E-state index contributed by atoms with van der Waals surface area (Å²) in [7, 11) is 1.57. The zero-order valence-electron chi connectivity index (χ0n) is 10.7. The summed E-state index contributed by atoms with van der Waals surface area (Å²) in [4.78, 5) is 8.40. The van der Waals surface area contributed by atoms with Gasteiger partial charge in [-0.05, 0) is 6.42 Å². The third-order valence-electron chi connectivity index (χ3n) is 3.08. The van der Waals surface area contributed by atoms with Crippen molar-refractivity contribution in [1.29, 1.82) is 0 Å². The molecule has 3 rings (SSSR count). The van der Waals surface area contributed by atoms with E-state index in [9.17, 15) is 0 Å². The second-order valence-corrected chi connectivity index (χ2v) is 4.48. The summed E-state index contributed by atoms with van der Waals surface area (Å²) < 4.78 is 12.2. The predicted molar refractivity (Wildman–Crippen MR) is 66.5 cm³/mol. The molecule has 0 N–H and O–H groups in total. The SMILES string of the molecule is COc1ccnc(-c2cn(CC3CCOC3)nn2)n1. The summed E-state index contributed by atoms with van der Waals surface area (Å²) in [5, 5.41) is 8.20. The second kappa shape index (κ2) is 5.31. The molecule has 7 heteroatoms. The smallest absolute Gasteiger partial charge is 0.216 e. The molecule has 2 aromatic rings. The van der Waals surface area contributed by atoms with Crippen molar-refractivity contribution in [2.45, 2.75) is 13.0 Å². The van der Waals surface area contributed by atoms with E-state index in [1.54, 1.807) is 19.4 Å². The van der Waals surface area contributed by atoms with Crippen molar-refractivity contribution in [3.8, 4) is 17.4 Å². The number of nitrogens with zero attached hydrogens (tertiary/aromatic N) is 5. The van der Waals surface area contributed by atoms with Gasteiger partial charge in [0, 0.05) is 31.3 Å². The van der Waals surface area contributed by atoms with Gasteiger partial charge in [-0.2, -0.15) is 4.98 Å². The van der Waals surface area contributed by atoms with Gasteiger partial charge in [-0.3, -0.25) is 4.68 Å². The van der Waals surface area contributed by atoms with E-state index in [2.05, 4.69) is 20.3 Å². The average molecular weight is 261 g/mol. The van der Waals surface area contributed by atoms with Gasteiger partial charge in [-0.1, -0.05) is 5.21 Å². The van der Waals surface area contributed by atoms with Crippen LogP contribution in [-0.2, 0) is 11.3 Å². The normalized spacial score (nSPS) is 18.7. The minimum absolute atomic E-state index is 0.515. The molecule has 0 saturated carbocycles. The van der Waals surface area contributed by atoms with Gasteiger partial charge in [-0.25, -0.2) is 4.98 Å². The van der Waals surface area contributed by atoms with E-state index in [1.165, 1.54) is 0 Å². The quantitative estimate of drug-likeness (QED) is 0.809. The highest BCUT2D eigenvalue weighted by Crippen LogP contribution is 2.17. The van der Waals surface area contributed by atoms with Crippen molar-refractivity contribution in [2.24, 2.45) is 5.92 Å². The van der Waals surface area contributed by atoms with Crippen molar-refractivity contribution in [1.82, 2.24) is 25.0 Å². The van der Waals surface area contributed by atoms with Gasteiger partial charge >= 0.3 is 0 Å². The van der Waals surface area contributed by atoms with E-state index < -0.39 is 0 Å². The summed E-state index contributed by atoms with van der Waals surface area (Å²) in [5.74, 6) is 1.55. The summed E-state index contributed by atoms with van der Waals surface area (Å²) >= 11 is 0. The standard InChI is InChI=1S/C12H15N5O2/c1-18-11-2-4-13-12(14-11)10-7-17(16-15-10)6-9-3-5-19-8-9/h2,4,7,9H,3,5-6,8H2,1H3. The minimum Gasteiger partial charge on any atom is -0.481 e. The van der Waals surface area contributed by atoms with Gasteiger partial charge < -0.3 is 9.47 Å². The van der Waals surface area contributed by atoms with Crippen molar-refractivity contribution in [2.75, 3.05) is 20.3 Å². The van der Waals surface area contributed by atoms with Crippen LogP contribution >= 0.6 is 0 Å². The van der Waals surface area contributed by atoms with Gasteiger partial charge in [0.1, 0.15) is 5.69 Å². The number of aromatic nitrogens is 5. The number of hydrogen-bond acceptors (Lipinski definition) is 6. The Hall–Kier alpha value is -2.02. The lowest BCUT2D eigenvalue weighted by Gasteiger charge is -2.05. The average Bonchev–Trinajstić information content (AvgIpc) is 3.11. The zero-order valence-corrected chi connectivity index (χ0v) is 10.7. The molecule has 0 aromatic carbocycles. The number of hydrogen-bond donors (Lipinski definition) is 0. The van der Waals surface area contributed by atoms with Gasteiger partial charge in [-0.15, -0.1) is 5.10 Å².